The molecule has 0 saturated carbocycles. The molecule has 2 aromatic carbocycles. The molecule has 1 N–H and O–H groups in total. The second kappa shape index (κ2) is 10.3. The number of ether oxygens (including phenoxy) is 2. The smallest absolute Gasteiger partial charge is 0.332 e. The van der Waals surface area contributed by atoms with E-state index in [0.29, 0.717) is 16.4 Å². The Balaban J connectivity index is 2.19. The molecular formula is C23H29NO5S2. The third kappa shape index (κ3) is 7.40. The van der Waals surface area contributed by atoms with Crippen LogP contribution in [0.1, 0.15) is 41.0 Å². The Hall–Kier alpha value is -2.32. The van der Waals surface area contributed by atoms with Crippen LogP contribution in [0.25, 0.3) is 0 Å². The maximum atomic E-state index is 13.0. The fraction of sp³-hybridized carbons (Fsp3) is 0.391. The molecule has 0 aliphatic carbocycles. The van der Waals surface area contributed by atoms with Crippen LogP contribution in [0.4, 0.5) is 0 Å². The van der Waals surface area contributed by atoms with E-state index in [2.05, 4.69) is 17.4 Å². The van der Waals surface area contributed by atoms with Crippen molar-refractivity contribution in [3.63, 3.8) is 0 Å². The molecule has 1 unspecified atom stereocenters. The van der Waals surface area contributed by atoms with E-state index in [1.807, 2.05) is 32.0 Å². The molecule has 0 aromatic heterocycles. The van der Waals surface area contributed by atoms with E-state index in [0.717, 1.165) is 0 Å². The third-order valence-electron chi connectivity index (χ3n) is 4.00. The summed E-state index contributed by atoms with van der Waals surface area (Å²) >= 11 is 4.39. The molecule has 8 heteroatoms. The van der Waals surface area contributed by atoms with E-state index in [1.54, 1.807) is 57.2 Å². The molecule has 2 aromatic rings. The molecule has 0 heterocycles. The molecule has 31 heavy (non-hydrogen) atoms. The van der Waals surface area contributed by atoms with Gasteiger partial charge < -0.3 is 9.47 Å². The van der Waals surface area contributed by atoms with Gasteiger partial charge in [0.2, 0.25) is 0 Å². The first-order valence-electron chi connectivity index (χ1n) is 9.92. The van der Waals surface area contributed by atoms with Gasteiger partial charge in [0.15, 0.2) is 15.7 Å². The fourth-order valence-corrected chi connectivity index (χ4v) is 4.16. The number of thiol groups is 1. The minimum Gasteiger partial charge on any atom is -0.459 e. The lowest BCUT2D eigenvalue weighted by molar-refractivity contribution is -0.160. The zero-order chi connectivity index (χ0) is 23.2. The second-order valence-electron chi connectivity index (χ2n) is 8.55. The Labute approximate surface area is 191 Å². The second-order valence-corrected chi connectivity index (χ2v) is 10.5. The minimum atomic E-state index is -1.92. The SMILES string of the molecule is CC(C)C[C@](S)(C(=O)NS(=O)c1cccc(Oc2ccccc2)c1)C(=O)OC(C)(C)C. The van der Waals surface area contributed by atoms with Crippen molar-refractivity contribution in [3.8, 4) is 11.5 Å². The largest absolute Gasteiger partial charge is 0.459 e. The van der Waals surface area contributed by atoms with Gasteiger partial charge in [-0.25, -0.2) is 9.00 Å². The zero-order valence-corrected chi connectivity index (χ0v) is 20.1. The molecule has 2 atom stereocenters. The normalized spacial score (nSPS) is 14.4. The van der Waals surface area contributed by atoms with Gasteiger partial charge in [-0.15, -0.1) is 0 Å². The van der Waals surface area contributed by atoms with Crippen LogP contribution in [0.15, 0.2) is 59.5 Å². The predicted molar refractivity (Wildman–Crippen MR) is 125 cm³/mol. The standard InChI is InChI=1S/C23H29NO5S2/c1-16(2)15-23(30,21(26)29-22(3,4)5)20(25)24-31(27)19-13-9-12-18(14-19)28-17-10-7-6-8-11-17/h6-14,16,30H,15H2,1-5H3,(H,24,25)/t23-,31?/m0/s1. The summed E-state index contributed by atoms with van der Waals surface area (Å²) in [6, 6.07) is 15.7. The summed E-state index contributed by atoms with van der Waals surface area (Å²) in [6.07, 6.45) is 0.130. The number of carbonyl (C=O) groups excluding carboxylic acids is 2. The number of benzene rings is 2. The van der Waals surface area contributed by atoms with E-state index < -0.39 is 33.2 Å². The van der Waals surface area contributed by atoms with E-state index in [-0.39, 0.29) is 12.3 Å². The molecule has 0 aliphatic rings. The third-order valence-corrected chi connectivity index (χ3v) is 5.62. The van der Waals surface area contributed by atoms with E-state index in [9.17, 15) is 13.8 Å². The highest BCUT2D eigenvalue weighted by atomic mass is 32.2. The Morgan fingerprint density at radius 3 is 2.23 bits per heavy atom. The van der Waals surface area contributed by atoms with Crippen molar-refractivity contribution in [2.45, 2.75) is 56.3 Å². The summed E-state index contributed by atoms with van der Waals surface area (Å²) in [5.41, 5.74) is -0.787. The zero-order valence-electron chi connectivity index (χ0n) is 18.4. The van der Waals surface area contributed by atoms with Gasteiger partial charge in [0.1, 0.15) is 17.1 Å². The topological polar surface area (TPSA) is 81.7 Å². The molecule has 0 bridgehead atoms. The highest BCUT2D eigenvalue weighted by Gasteiger charge is 2.46. The van der Waals surface area contributed by atoms with Crippen molar-refractivity contribution in [2.24, 2.45) is 5.92 Å². The molecule has 168 valence electrons. The Bertz CT molecular complexity index is 940. The van der Waals surface area contributed by atoms with Crippen LogP contribution < -0.4 is 9.46 Å². The van der Waals surface area contributed by atoms with Gasteiger partial charge in [0.25, 0.3) is 5.91 Å². The van der Waals surface area contributed by atoms with Gasteiger partial charge in [-0.1, -0.05) is 38.1 Å². The van der Waals surface area contributed by atoms with Crippen molar-refractivity contribution < 1.29 is 23.3 Å². The molecule has 0 saturated heterocycles. The number of carbonyl (C=O) groups is 2. The van der Waals surface area contributed by atoms with Crippen LogP contribution in [0.5, 0.6) is 11.5 Å². The molecule has 0 spiro atoms. The lowest BCUT2D eigenvalue weighted by Crippen LogP contribution is -2.52. The van der Waals surface area contributed by atoms with E-state index in [1.165, 1.54) is 0 Å². The van der Waals surface area contributed by atoms with E-state index >= 15 is 0 Å². The minimum absolute atomic E-state index is 0.0215. The Morgan fingerprint density at radius 2 is 1.65 bits per heavy atom. The quantitative estimate of drug-likeness (QED) is 0.338. The summed E-state index contributed by atoms with van der Waals surface area (Å²) in [5, 5.41) is 0. The Kier molecular flexibility index (Phi) is 8.31. The average Bonchev–Trinajstić information content (AvgIpc) is 2.67. The number of esters is 1. The van der Waals surface area contributed by atoms with Crippen LogP contribution >= 0.6 is 12.6 Å². The highest BCUT2D eigenvalue weighted by molar-refractivity contribution is 7.85. The monoisotopic (exact) mass is 463 g/mol. The Morgan fingerprint density at radius 1 is 1.03 bits per heavy atom. The number of amides is 1. The van der Waals surface area contributed by atoms with Crippen molar-refractivity contribution in [3.05, 3.63) is 54.6 Å². The molecule has 0 fully saturated rings. The summed E-state index contributed by atoms with van der Waals surface area (Å²) in [6.45, 7) is 8.86. The van der Waals surface area contributed by atoms with Crippen LogP contribution in [0.3, 0.4) is 0 Å². The molecular weight excluding hydrogens is 434 g/mol. The lowest BCUT2D eigenvalue weighted by atomic mass is 9.95. The highest BCUT2D eigenvalue weighted by Crippen LogP contribution is 2.29. The van der Waals surface area contributed by atoms with Crippen LogP contribution in [0.2, 0.25) is 0 Å². The van der Waals surface area contributed by atoms with E-state index in [4.69, 9.17) is 9.47 Å². The average molecular weight is 464 g/mol. The van der Waals surface area contributed by atoms with Gasteiger partial charge >= 0.3 is 5.97 Å². The maximum absolute atomic E-state index is 13.0. The van der Waals surface area contributed by atoms with Crippen LogP contribution in [-0.2, 0) is 25.3 Å². The number of para-hydroxylation sites is 1. The first-order chi connectivity index (χ1) is 14.4. The molecule has 2 rings (SSSR count). The van der Waals surface area contributed by atoms with Crippen LogP contribution in [-0.4, -0.2) is 26.4 Å². The van der Waals surface area contributed by atoms with Gasteiger partial charge in [-0.3, -0.25) is 9.52 Å². The van der Waals surface area contributed by atoms with Gasteiger partial charge in [-0.05, 0) is 63.4 Å². The maximum Gasteiger partial charge on any atom is 0.332 e. The van der Waals surface area contributed by atoms with Crippen LogP contribution in [0, 0.1) is 5.92 Å². The number of hydrogen-bond donors (Lipinski definition) is 2. The number of hydrogen-bond acceptors (Lipinski definition) is 6. The number of rotatable bonds is 8. The first kappa shape index (κ1) is 24.9. The van der Waals surface area contributed by atoms with Crippen molar-refractivity contribution in [2.75, 3.05) is 0 Å². The number of nitrogens with one attached hydrogen (secondary N) is 1. The summed E-state index contributed by atoms with van der Waals surface area (Å²) < 4.78 is 24.6. The van der Waals surface area contributed by atoms with Gasteiger partial charge in [-0.2, -0.15) is 12.6 Å². The lowest BCUT2D eigenvalue weighted by Gasteiger charge is -2.30. The molecule has 1 amide bonds. The van der Waals surface area contributed by atoms with Crippen molar-refractivity contribution in [1.29, 1.82) is 0 Å². The van der Waals surface area contributed by atoms with Gasteiger partial charge in [0.05, 0.1) is 4.90 Å². The molecule has 0 aliphatic heterocycles. The summed E-state index contributed by atoms with van der Waals surface area (Å²) in [7, 11) is -1.92. The van der Waals surface area contributed by atoms with Gasteiger partial charge in [0, 0.05) is 0 Å². The van der Waals surface area contributed by atoms with Crippen molar-refractivity contribution >= 4 is 35.5 Å². The summed E-state index contributed by atoms with van der Waals surface area (Å²) in [4.78, 5) is 26.1. The molecule has 0 radical (unpaired) electrons. The van der Waals surface area contributed by atoms with Crippen molar-refractivity contribution in [1.82, 2.24) is 4.72 Å². The summed E-state index contributed by atoms with van der Waals surface area (Å²) in [5.74, 6) is -0.463. The fourth-order valence-electron chi connectivity index (χ4n) is 2.73. The first-order valence-corrected chi connectivity index (χ1v) is 11.5. The predicted octanol–water partition coefficient (Wildman–Crippen LogP) is 4.67. The molecule has 6 nitrogen and oxygen atoms in total.